The number of likely N-dealkylation sites (N-methyl/N-ethyl adjacent to an activating group) is 1. The van der Waals surface area contributed by atoms with Crippen LogP contribution in [0.3, 0.4) is 0 Å². The van der Waals surface area contributed by atoms with Gasteiger partial charge in [0.2, 0.25) is 0 Å². The molecule has 0 N–H and O–H groups in total. The summed E-state index contributed by atoms with van der Waals surface area (Å²) >= 11 is 1.30. The lowest BCUT2D eigenvalue weighted by Crippen LogP contribution is -2.36. The summed E-state index contributed by atoms with van der Waals surface area (Å²) in [6.07, 6.45) is 0. The molecule has 0 aliphatic carbocycles. The third kappa shape index (κ3) is 5.06. The molecule has 30 heavy (non-hydrogen) atoms. The molecule has 1 amide bonds. The maximum absolute atomic E-state index is 13.6. The third-order valence-electron chi connectivity index (χ3n) is 4.38. The molecule has 0 aliphatic heterocycles. The second-order valence-electron chi connectivity index (χ2n) is 6.90. The van der Waals surface area contributed by atoms with Crippen LogP contribution in [0, 0.1) is 5.82 Å². The van der Waals surface area contributed by atoms with Crippen LogP contribution in [0.4, 0.5) is 9.52 Å². The molecular weight excluding hydrogens is 405 g/mol. The first kappa shape index (κ1) is 22.0. The highest BCUT2D eigenvalue weighted by molar-refractivity contribution is 7.22. The Morgan fingerprint density at radius 1 is 1.03 bits per heavy atom. The molecule has 2 aromatic carbocycles. The van der Waals surface area contributed by atoms with E-state index in [0.29, 0.717) is 58.7 Å². The lowest BCUT2D eigenvalue weighted by Gasteiger charge is -2.22. The van der Waals surface area contributed by atoms with Gasteiger partial charge in [0.25, 0.3) is 5.91 Å². The number of anilines is 1. The number of amides is 1. The minimum Gasteiger partial charge on any atom is -0.490 e. The lowest BCUT2D eigenvalue weighted by atomic mass is 10.1. The average molecular weight is 432 g/mol. The van der Waals surface area contributed by atoms with E-state index < -0.39 is 0 Å². The molecule has 0 aliphatic rings. The summed E-state index contributed by atoms with van der Waals surface area (Å²) in [7, 11) is 3.89. The van der Waals surface area contributed by atoms with Gasteiger partial charge in [-0.25, -0.2) is 9.37 Å². The Labute approximate surface area is 179 Å². The second-order valence-corrected chi connectivity index (χ2v) is 7.91. The van der Waals surface area contributed by atoms with Gasteiger partial charge in [-0.1, -0.05) is 11.3 Å². The van der Waals surface area contributed by atoms with Crippen molar-refractivity contribution < 1.29 is 18.7 Å². The van der Waals surface area contributed by atoms with Crippen LogP contribution in [-0.4, -0.2) is 56.2 Å². The SMILES string of the molecule is CCOc1ccc(C(=O)N(CCN(C)C)c2nc3ccc(F)cc3s2)cc1OCC. The molecule has 1 heterocycles. The summed E-state index contributed by atoms with van der Waals surface area (Å²) in [5.74, 6) is 0.618. The monoisotopic (exact) mass is 431 g/mol. The molecule has 0 unspecified atom stereocenters. The quantitative estimate of drug-likeness (QED) is 0.501. The summed E-state index contributed by atoms with van der Waals surface area (Å²) in [5, 5.41) is 0.536. The van der Waals surface area contributed by atoms with Gasteiger partial charge in [-0.3, -0.25) is 9.69 Å². The molecule has 0 fully saturated rings. The number of hydrogen-bond donors (Lipinski definition) is 0. The van der Waals surface area contributed by atoms with Gasteiger partial charge in [0, 0.05) is 18.7 Å². The molecule has 1 aromatic heterocycles. The molecule has 3 rings (SSSR count). The number of carbonyl (C=O) groups is 1. The molecule has 0 atom stereocenters. The van der Waals surface area contributed by atoms with Gasteiger partial charge >= 0.3 is 0 Å². The number of rotatable bonds is 9. The number of fused-ring (bicyclic) bond motifs is 1. The van der Waals surface area contributed by atoms with Gasteiger partial charge in [0.05, 0.1) is 23.4 Å². The van der Waals surface area contributed by atoms with E-state index >= 15 is 0 Å². The van der Waals surface area contributed by atoms with Crippen LogP contribution in [-0.2, 0) is 0 Å². The molecule has 160 valence electrons. The fourth-order valence-corrected chi connectivity index (χ4v) is 3.94. The molecule has 3 aromatic rings. The van der Waals surface area contributed by atoms with E-state index in [4.69, 9.17) is 9.47 Å². The Bertz CT molecular complexity index is 1020. The molecule has 6 nitrogen and oxygen atoms in total. The molecule has 0 saturated carbocycles. The molecule has 0 spiro atoms. The molecular formula is C22H26FN3O3S. The number of benzene rings is 2. The maximum atomic E-state index is 13.6. The first-order valence-corrected chi connectivity index (χ1v) is 10.7. The highest BCUT2D eigenvalue weighted by Crippen LogP contribution is 2.32. The second kappa shape index (κ2) is 9.86. The fraction of sp³-hybridized carbons (Fsp3) is 0.364. The van der Waals surface area contributed by atoms with Crippen LogP contribution in [0.15, 0.2) is 36.4 Å². The summed E-state index contributed by atoms with van der Waals surface area (Å²) in [5.41, 5.74) is 1.15. The topological polar surface area (TPSA) is 54.9 Å². The third-order valence-corrected chi connectivity index (χ3v) is 5.42. The van der Waals surface area contributed by atoms with E-state index in [1.807, 2.05) is 32.8 Å². The molecule has 8 heteroatoms. The van der Waals surface area contributed by atoms with Crippen LogP contribution in [0.1, 0.15) is 24.2 Å². The van der Waals surface area contributed by atoms with Crippen LogP contribution < -0.4 is 14.4 Å². The normalized spacial score (nSPS) is 11.1. The van der Waals surface area contributed by atoms with Crippen molar-refractivity contribution in [3.8, 4) is 11.5 Å². The summed E-state index contributed by atoms with van der Waals surface area (Å²) in [4.78, 5) is 21.6. The Morgan fingerprint density at radius 2 is 1.77 bits per heavy atom. The summed E-state index contributed by atoms with van der Waals surface area (Å²) in [6, 6.07) is 9.62. The Balaban J connectivity index is 1.98. The van der Waals surface area contributed by atoms with Gasteiger partial charge in [0.1, 0.15) is 5.82 Å². The minimum absolute atomic E-state index is 0.194. The zero-order valence-electron chi connectivity index (χ0n) is 17.6. The lowest BCUT2D eigenvalue weighted by molar-refractivity contribution is 0.0984. The van der Waals surface area contributed by atoms with Crippen LogP contribution in [0.25, 0.3) is 10.2 Å². The fourth-order valence-electron chi connectivity index (χ4n) is 2.93. The highest BCUT2D eigenvalue weighted by atomic mass is 32.1. The number of ether oxygens (including phenoxy) is 2. The highest BCUT2D eigenvalue weighted by Gasteiger charge is 2.23. The summed E-state index contributed by atoms with van der Waals surface area (Å²) in [6.45, 7) is 5.86. The largest absolute Gasteiger partial charge is 0.490 e. The van der Waals surface area contributed by atoms with E-state index in [1.165, 1.54) is 23.5 Å². The number of nitrogens with zero attached hydrogens (tertiary/aromatic N) is 3. The summed E-state index contributed by atoms with van der Waals surface area (Å²) < 4.78 is 25.6. The van der Waals surface area contributed by atoms with Crippen molar-refractivity contribution in [3.05, 3.63) is 47.8 Å². The predicted molar refractivity (Wildman–Crippen MR) is 119 cm³/mol. The van der Waals surface area contributed by atoms with Crippen molar-refractivity contribution in [2.45, 2.75) is 13.8 Å². The number of halogens is 1. The van der Waals surface area contributed by atoms with Gasteiger partial charge in [-0.05, 0) is 64.3 Å². The number of aromatic nitrogens is 1. The molecule has 0 saturated heterocycles. The zero-order chi connectivity index (χ0) is 21.7. The first-order valence-electron chi connectivity index (χ1n) is 9.85. The van der Waals surface area contributed by atoms with Crippen LogP contribution in [0.5, 0.6) is 11.5 Å². The van der Waals surface area contributed by atoms with E-state index in [0.717, 1.165) is 0 Å². The average Bonchev–Trinajstić information content (AvgIpc) is 3.12. The van der Waals surface area contributed by atoms with Crippen molar-refractivity contribution in [2.24, 2.45) is 0 Å². The Kier molecular flexibility index (Phi) is 7.23. The van der Waals surface area contributed by atoms with Gasteiger partial charge in [0.15, 0.2) is 16.6 Å². The van der Waals surface area contributed by atoms with Crippen molar-refractivity contribution in [2.75, 3.05) is 45.3 Å². The standard InChI is InChI=1S/C22H26FN3O3S/c1-5-28-18-10-7-15(13-19(18)29-6-2)21(27)26(12-11-25(3)4)22-24-17-9-8-16(23)14-20(17)30-22/h7-10,13-14H,5-6,11-12H2,1-4H3. The van der Waals surface area contributed by atoms with Crippen molar-refractivity contribution in [3.63, 3.8) is 0 Å². The van der Waals surface area contributed by atoms with Crippen molar-refractivity contribution in [1.82, 2.24) is 9.88 Å². The van der Waals surface area contributed by atoms with Gasteiger partial charge < -0.3 is 14.4 Å². The van der Waals surface area contributed by atoms with E-state index in [9.17, 15) is 9.18 Å². The maximum Gasteiger partial charge on any atom is 0.260 e. The van der Waals surface area contributed by atoms with Gasteiger partial charge in [-0.2, -0.15) is 0 Å². The number of thiazole rings is 1. The van der Waals surface area contributed by atoms with Crippen LogP contribution in [0.2, 0.25) is 0 Å². The Morgan fingerprint density at radius 3 is 2.47 bits per heavy atom. The van der Waals surface area contributed by atoms with E-state index in [1.54, 1.807) is 29.2 Å². The smallest absolute Gasteiger partial charge is 0.260 e. The number of hydrogen-bond acceptors (Lipinski definition) is 6. The van der Waals surface area contributed by atoms with Crippen molar-refractivity contribution in [1.29, 1.82) is 0 Å². The predicted octanol–water partition coefficient (Wildman–Crippen LogP) is 4.44. The first-order chi connectivity index (χ1) is 14.4. The van der Waals surface area contributed by atoms with Gasteiger partial charge in [-0.15, -0.1) is 0 Å². The zero-order valence-corrected chi connectivity index (χ0v) is 18.5. The van der Waals surface area contributed by atoms with Crippen LogP contribution >= 0.6 is 11.3 Å². The molecule has 0 radical (unpaired) electrons. The van der Waals surface area contributed by atoms with Crippen molar-refractivity contribution >= 4 is 32.6 Å². The van der Waals surface area contributed by atoms with E-state index in [2.05, 4.69) is 4.98 Å². The Hall–Kier alpha value is -2.71. The number of carbonyl (C=O) groups excluding carboxylic acids is 1. The minimum atomic E-state index is -0.322. The van der Waals surface area contributed by atoms with E-state index in [-0.39, 0.29) is 11.7 Å². The molecule has 0 bridgehead atoms.